The van der Waals surface area contributed by atoms with Gasteiger partial charge in [-0.25, -0.2) is 9.59 Å². The highest BCUT2D eigenvalue weighted by Crippen LogP contribution is 2.26. The van der Waals surface area contributed by atoms with E-state index in [-0.39, 0.29) is 41.2 Å². The summed E-state index contributed by atoms with van der Waals surface area (Å²) >= 11 is 0. The Morgan fingerprint density at radius 1 is 0.667 bits per heavy atom. The van der Waals surface area contributed by atoms with E-state index in [0.717, 1.165) is 6.07 Å². The zero-order chi connectivity index (χ0) is 39.3. The molecule has 0 aliphatic rings. The molecule has 1 aromatic heterocycles. The van der Waals surface area contributed by atoms with Gasteiger partial charge in [-0.1, -0.05) is 18.2 Å². The fraction of sp³-hybridized carbons (Fsp3) is 0.0938. The normalized spacial score (nSPS) is 11.1. The Morgan fingerprint density at radius 3 is 1.48 bits per heavy atom. The van der Waals surface area contributed by atoms with Crippen LogP contribution in [0.25, 0.3) is 0 Å². The number of carboxylic acids is 2. The molecule has 0 radical (unpaired) electrons. The summed E-state index contributed by atoms with van der Waals surface area (Å²) in [4.78, 5) is 37.4. The van der Waals surface area contributed by atoms with E-state index >= 15 is 0 Å². The predicted molar refractivity (Wildman–Crippen MR) is 194 cm³/mol. The summed E-state index contributed by atoms with van der Waals surface area (Å²) in [7, 11) is -5.79. The lowest BCUT2D eigenvalue weighted by Gasteiger charge is -2.18. The van der Waals surface area contributed by atoms with Crippen LogP contribution in [0.2, 0.25) is 0 Å². The van der Waals surface area contributed by atoms with Gasteiger partial charge in [-0.3, -0.25) is 4.55 Å². The lowest BCUT2D eigenvalue weighted by molar-refractivity contribution is 0.0696. The number of carboxylic acid groups (broad SMARTS) is 2. The molecule has 20 nitrogen and oxygen atoms in total. The summed E-state index contributed by atoms with van der Waals surface area (Å²) in [5.41, 5.74) is 2.42. The predicted octanol–water partition coefficient (Wildman–Crippen LogP) is 5.91. The van der Waals surface area contributed by atoms with E-state index in [0.29, 0.717) is 28.4 Å². The molecular weight excluding hydrogens is 749 g/mol. The number of hydrogen-bond donors (Lipinski definition) is 5. The van der Waals surface area contributed by atoms with Crippen molar-refractivity contribution in [3.8, 4) is 0 Å². The zero-order valence-corrected chi connectivity index (χ0v) is 29.4. The first-order chi connectivity index (χ1) is 25.6. The first-order valence-corrected chi connectivity index (χ1v) is 17.7. The van der Waals surface area contributed by atoms with Gasteiger partial charge in [0, 0.05) is 25.0 Å². The Morgan fingerprint density at radius 2 is 1.07 bits per heavy atom. The third-order valence-corrected chi connectivity index (χ3v) is 7.32. The molecule has 0 saturated carbocycles. The largest absolute Gasteiger partial charge is 0.478 e. The van der Waals surface area contributed by atoms with Crippen LogP contribution < -0.4 is 15.5 Å². The minimum atomic E-state index is -4.24. The molecule has 0 atom stereocenters. The number of nitrogens with zero attached hydrogens (tertiary/aromatic N) is 8. The molecule has 54 heavy (non-hydrogen) atoms. The number of nitrogens with one attached hydrogen (secondary N) is 2. The van der Waals surface area contributed by atoms with E-state index in [2.05, 4.69) is 46.0 Å². The van der Waals surface area contributed by atoms with E-state index in [4.69, 9.17) is 12.6 Å². The highest BCUT2D eigenvalue weighted by Gasteiger charge is 2.15. The number of aromatic carboxylic acids is 2. The lowest BCUT2D eigenvalue weighted by atomic mass is 10.1. The fourth-order valence-corrected chi connectivity index (χ4v) is 4.63. The van der Waals surface area contributed by atoms with Crippen LogP contribution in [-0.2, 0) is 20.7 Å². The summed E-state index contributed by atoms with van der Waals surface area (Å²) in [6.45, 7) is -0.105. The highest BCUT2D eigenvalue weighted by atomic mass is 32.2. The number of hydrogen-bond acceptors (Lipinski definition) is 17. The van der Waals surface area contributed by atoms with Crippen LogP contribution in [0, 0.1) is 0 Å². The van der Waals surface area contributed by atoms with Crippen molar-refractivity contribution in [3.05, 3.63) is 108 Å². The number of anilines is 5. The van der Waals surface area contributed by atoms with Crippen molar-refractivity contribution in [1.29, 1.82) is 0 Å². The summed E-state index contributed by atoms with van der Waals surface area (Å²) in [5, 5.41) is 41.2. The average molecular weight is 777 g/mol. The van der Waals surface area contributed by atoms with Crippen LogP contribution in [0.15, 0.2) is 118 Å². The zero-order valence-electron chi connectivity index (χ0n) is 27.7. The van der Waals surface area contributed by atoms with E-state index in [1.54, 1.807) is 55.6 Å². The number of aromatic nitrogens is 3. The topological polar surface area (TPSA) is 296 Å². The van der Waals surface area contributed by atoms with Gasteiger partial charge >= 0.3 is 22.5 Å². The van der Waals surface area contributed by atoms with Crippen molar-refractivity contribution in [2.75, 3.05) is 34.9 Å². The number of rotatable bonds is 14. The first kappa shape index (κ1) is 39.7. The van der Waals surface area contributed by atoms with Gasteiger partial charge in [-0.05, 0) is 78.9 Å². The van der Waals surface area contributed by atoms with Gasteiger partial charge in [0.05, 0.1) is 39.6 Å². The van der Waals surface area contributed by atoms with Crippen molar-refractivity contribution in [2.45, 2.75) is 0 Å². The Kier molecular flexibility index (Phi) is 13.6. The quantitative estimate of drug-likeness (QED) is 0.0647. The minimum absolute atomic E-state index is 0.0478. The van der Waals surface area contributed by atoms with Crippen molar-refractivity contribution in [1.82, 2.24) is 15.0 Å². The van der Waals surface area contributed by atoms with Crippen LogP contribution in [0.5, 0.6) is 0 Å². The van der Waals surface area contributed by atoms with Crippen molar-refractivity contribution < 1.29 is 45.4 Å². The maximum absolute atomic E-state index is 11.4. The van der Waals surface area contributed by atoms with Crippen LogP contribution in [0.1, 0.15) is 20.7 Å². The van der Waals surface area contributed by atoms with Crippen LogP contribution in [0.3, 0.4) is 0 Å². The van der Waals surface area contributed by atoms with Gasteiger partial charge in [0.25, 0.3) is 10.1 Å². The summed E-state index contributed by atoms with van der Waals surface area (Å²) < 4.78 is 57.3. The molecule has 0 unspecified atom stereocenters. The molecule has 278 valence electrons. The number of azo groups is 2. The molecule has 5 aromatic rings. The molecule has 0 bridgehead atoms. The Balaban J connectivity index is 0.00000155. The van der Waals surface area contributed by atoms with Crippen LogP contribution in [-0.4, -0.2) is 82.0 Å². The fourth-order valence-electron chi connectivity index (χ4n) is 4.12. The molecule has 5 rings (SSSR count). The van der Waals surface area contributed by atoms with Crippen molar-refractivity contribution in [2.24, 2.45) is 20.5 Å². The minimum Gasteiger partial charge on any atom is -0.478 e. The second-order valence-corrected chi connectivity index (χ2v) is 12.6. The van der Waals surface area contributed by atoms with E-state index in [9.17, 15) is 32.8 Å². The van der Waals surface area contributed by atoms with E-state index in [1.165, 1.54) is 17.0 Å². The van der Waals surface area contributed by atoms with E-state index < -0.39 is 38.4 Å². The third-order valence-electron chi connectivity index (χ3n) is 6.63. The summed E-state index contributed by atoms with van der Waals surface area (Å²) in [5.74, 6) is -2.81. The van der Waals surface area contributed by atoms with Gasteiger partial charge in [-0.15, -0.1) is 12.6 Å². The molecule has 0 spiro atoms. The molecule has 0 amide bonds. The van der Waals surface area contributed by atoms with Crippen molar-refractivity contribution >= 4 is 84.6 Å². The number of carbonyl (C=O) groups is 2. The molecular formula is C32H28N10O10S2. The third kappa shape index (κ3) is 13.3. The van der Waals surface area contributed by atoms with Gasteiger partial charge in [0.1, 0.15) is 0 Å². The SMILES string of the molecule is CN(CCS(=O)(=O)O)c1nc(Nc2ccc(N=Nc3ccccc3)cc2)nc(Nc2ccc(N=Nc3cc(C(=O)O)cc(C(=O)O)c3)cc2)n1.O=S(=O)=O. The van der Waals surface area contributed by atoms with Gasteiger partial charge < -0.3 is 25.7 Å². The second-order valence-electron chi connectivity index (χ2n) is 10.7. The summed E-state index contributed by atoms with van der Waals surface area (Å²) in [6, 6.07) is 26.2. The highest BCUT2D eigenvalue weighted by molar-refractivity contribution is 7.85. The van der Waals surface area contributed by atoms with E-state index in [1.807, 2.05) is 30.3 Å². The van der Waals surface area contributed by atoms with Gasteiger partial charge in [0.2, 0.25) is 17.8 Å². The van der Waals surface area contributed by atoms with Gasteiger partial charge in [0.15, 0.2) is 0 Å². The standard InChI is InChI=1S/C32H28N10O7S.O3S/c1-42(15-16-50(47,48)49)32-36-30(33-22-7-11-25(12-8-22)39-38-24-5-3-2-4-6-24)35-31(37-32)34-23-9-13-26(14-10-23)40-41-27-18-20(28(43)44)17-21(19-27)29(45)46;1-4(2)3/h2-14,17-19H,15-16H2,1H3,(H,43,44)(H,45,46)(H,47,48,49)(H2,33,34,35,36,37);. The molecule has 0 aliphatic carbocycles. The maximum atomic E-state index is 11.4. The maximum Gasteiger partial charge on any atom is 0.425 e. The van der Waals surface area contributed by atoms with Crippen LogP contribution >= 0.6 is 0 Å². The molecule has 0 fully saturated rings. The van der Waals surface area contributed by atoms with Crippen molar-refractivity contribution in [3.63, 3.8) is 0 Å². The lowest BCUT2D eigenvalue weighted by Crippen LogP contribution is -2.27. The number of benzene rings is 4. The molecule has 22 heteroatoms. The Labute approximate surface area is 307 Å². The molecule has 4 aromatic carbocycles. The monoisotopic (exact) mass is 776 g/mol. The molecule has 0 aliphatic heterocycles. The first-order valence-electron chi connectivity index (χ1n) is 15.1. The second kappa shape index (κ2) is 18.5. The Hall–Kier alpha value is -7.04. The smallest absolute Gasteiger partial charge is 0.425 e. The van der Waals surface area contributed by atoms with Crippen LogP contribution in [0.4, 0.5) is 52.0 Å². The molecule has 5 N–H and O–H groups in total. The molecule has 1 heterocycles. The summed E-state index contributed by atoms with van der Waals surface area (Å²) in [6.07, 6.45) is 0. The average Bonchev–Trinajstić information content (AvgIpc) is 3.13. The Bertz CT molecular complexity index is 2360. The van der Waals surface area contributed by atoms with Gasteiger partial charge in [-0.2, -0.15) is 43.8 Å². The molecule has 0 saturated heterocycles.